The molecule has 0 atom stereocenters. The molecule has 0 aromatic rings. The molecule has 0 N–H and O–H groups in total. The number of rotatable bonds is 16. The Morgan fingerprint density at radius 2 is 0.778 bits per heavy atom. The molecule has 1 nitrogen and oxygen atoms in total. The van der Waals surface area contributed by atoms with Gasteiger partial charge in [0.15, 0.2) is 5.78 Å². The summed E-state index contributed by atoms with van der Waals surface area (Å²) in [6.07, 6.45) is 40.0. The van der Waals surface area contributed by atoms with E-state index in [1.807, 2.05) is 0 Å². The first-order valence-corrected chi connectivity index (χ1v) is 21.5. The molecule has 0 aliphatic heterocycles. The molecular weight excluding hydrogens is 591 g/mol. The first-order chi connectivity index (χ1) is 21.9. The lowest BCUT2D eigenvalue weighted by Crippen LogP contribution is -2.74. The fourth-order valence-electron chi connectivity index (χ4n) is 11.8. The number of halogens is 2. The van der Waals surface area contributed by atoms with Gasteiger partial charge in [-0.3, -0.25) is 4.79 Å². The second kappa shape index (κ2) is 17.3. The van der Waals surface area contributed by atoms with Crippen LogP contribution in [0.1, 0.15) is 206 Å². The van der Waals surface area contributed by atoms with Crippen LogP contribution in [0.5, 0.6) is 0 Å². The zero-order valence-electron chi connectivity index (χ0n) is 29.8. The van der Waals surface area contributed by atoms with Crippen molar-refractivity contribution in [3.63, 3.8) is 0 Å². The van der Waals surface area contributed by atoms with E-state index < -0.39 is 15.2 Å². The molecule has 2 spiro atoms. The van der Waals surface area contributed by atoms with Gasteiger partial charge in [-0.25, -0.2) is 0 Å². The topological polar surface area (TPSA) is 17.1 Å². The number of ketones is 1. The molecule has 0 amide bonds. The lowest BCUT2D eigenvalue weighted by molar-refractivity contribution is -0.173. The second-order valence-corrected chi connectivity index (χ2v) is 18.7. The summed E-state index contributed by atoms with van der Waals surface area (Å²) in [5, 5.41) is 0. The molecule has 5 rings (SSSR count). The van der Waals surface area contributed by atoms with Crippen LogP contribution in [0, 0.1) is 46.3 Å². The first kappa shape index (κ1) is 36.5. The predicted octanol–water partition coefficient (Wildman–Crippen LogP) is 14.2. The number of alkyl halides is 2. The van der Waals surface area contributed by atoms with Crippen molar-refractivity contribution in [2.45, 2.75) is 211 Å². The molecular formula is C42H72Cl2O. The van der Waals surface area contributed by atoms with Crippen molar-refractivity contribution in [3.05, 3.63) is 0 Å². The third-order valence-electron chi connectivity index (χ3n) is 14.9. The maximum Gasteiger partial charge on any atom is 0.151 e. The summed E-state index contributed by atoms with van der Waals surface area (Å²) in [6, 6.07) is 0. The third-order valence-corrected chi connectivity index (χ3v) is 16.3. The molecule has 5 aliphatic rings. The fraction of sp³-hybridized carbons (Fsp3) is 0.976. The molecule has 0 bridgehead atoms. The molecule has 0 radical (unpaired) electrons. The van der Waals surface area contributed by atoms with E-state index in [0.717, 1.165) is 61.2 Å². The molecule has 0 unspecified atom stereocenters. The Kier molecular flexibility index (Phi) is 14.0. The molecule has 5 aliphatic carbocycles. The van der Waals surface area contributed by atoms with Crippen LogP contribution in [0.15, 0.2) is 0 Å². The Morgan fingerprint density at radius 1 is 0.467 bits per heavy atom. The number of hydrogen-bond donors (Lipinski definition) is 0. The average molecular weight is 664 g/mol. The van der Waals surface area contributed by atoms with E-state index in [0.29, 0.717) is 5.78 Å². The summed E-state index contributed by atoms with van der Waals surface area (Å²) >= 11 is 14.8. The van der Waals surface area contributed by atoms with Crippen LogP contribution in [0.3, 0.4) is 0 Å². The highest BCUT2D eigenvalue weighted by Gasteiger charge is 2.79. The molecule has 260 valence electrons. The van der Waals surface area contributed by atoms with Crippen molar-refractivity contribution in [2.75, 3.05) is 0 Å². The number of Topliss-reactive ketones (excluding diaryl/α,β-unsaturated/α-hetero) is 1. The van der Waals surface area contributed by atoms with Gasteiger partial charge in [0.05, 0.1) is 10.8 Å². The van der Waals surface area contributed by atoms with Gasteiger partial charge in [0.1, 0.15) is 4.33 Å². The van der Waals surface area contributed by atoms with Crippen molar-refractivity contribution < 1.29 is 4.79 Å². The highest BCUT2D eigenvalue weighted by atomic mass is 35.5. The Balaban J connectivity index is 0.993. The van der Waals surface area contributed by atoms with Crippen molar-refractivity contribution in [1.29, 1.82) is 0 Å². The number of carbonyl (C=O) groups is 1. The normalized spacial score (nSPS) is 38.4. The third kappa shape index (κ3) is 8.18. The van der Waals surface area contributed by atoms with Gasteiger partial charge in [-0.1, -0.05) is 153 Å². The maximum absolute atomic E-state index is 14.2. The van der Waals surface area contributed by atoms with Gasteiger partial charge < -0.3 is 0 Å². The number of hydrogen-bond acceptors (Lipinski definition) is 1. The molecule has 5 fully saturated rings. The zero-order valence-corrected chi connectivity index (χ0v) is 31.4. The van der Waals surface area contributed by atoms with E-state index in [1.165, 1.54) is 167 Å². The van der Waals surface area contributed by atoms with Crippen LogP contribution in [-0.4, -0.2) is 10.1 Å². The minimum atomic E-state index is -0.836. The van der Waals surface area contributed by atoms with Gasteiger partial charge >= 0.3 is 0 Å². The van der Waals surface area contributed by atoms with E-state index in [2.05, 4.69) is 13.8 Å². The van der Waals surface area contributed by atoms with Gasteiger partial charge in [0, 0.05) is 0 Å². The van der Waals surface area contributed by atoms with Crippen molar-refractivity contribution >= 4 is 29.0 Å². The highest BCUT2D eigenvalue weighted by Crippen LogP contribution is 2.75. The number of carbonyl (C=O) groups excluding carboxylic acids is 1. The molecule has 0 heterocycles. The Morgan fingerprint density at radius 3 is 1.13 bits per heavy atom. The van der Waals surface area contributed by atoms with Crippen LogP contribution in [0.25, 0.3) is 0 Å². The molecule has 0 aromatic carbocycles. The average Bonchev–Trinajstić information content (AvgIpc) is 3.08. The van der Waals surface area contributed by atoms with E-state index >= 15 is 0 Å². The van der Waals surface area contributed by atoms with Gasteiger partial charge in [-0.2, -0.15) is 0 Å². The summed E-state index contributed by atoms with van der Waals surface area (Å²) in [7, 11) is 0. The van der Waals surface area contributed by atoms with Crippen molar-refractivity contribution in [2.24, 2.45) is 46.3 Å². The summed E-state index contributed by atoms with van der Waals surface area (Å²) in [5.74, 6) is 5.79. The van der Waals surface area contributed by atoms with E-state index in [-0.39, 0.29) is 0 Å². The summed E-state index contributed by atoms with van der Waals surface area (Å²) in [6.45, 7) is 4.61. The lowest BCUT2D eigenvalue weighted by Gasteiger charge is -2.67. The standard InChI is InChI=1S/C42H72Cl2O/c1-3-5-7-9-10-11-12-14-16-34-19-23-36(24-20-34)38-27-31-41(32-28-38)39(45)40(42(41,43)44)29-25-37(26-30-40)35-21-17-33(18-22-35)15-13-8-6-4-2/h33-38H,3-32H2,1-2H3. The summed E-state index contributed by atoms with van der Waals surface area (Å²) in [4.78, 5) is 14.2. The van der Waals surface area contributed by atoms with E-state index in [1.54, 1.807) is 0 Å². The summed E-state index contributed by atoms with van der Waals surface area (Å²) < 4.78 is -0.836. The predicted molar refractivity (Wildman–Crippen MR) is 195 cm³/mol. The zero-order chi connectivity index (χ0) is 31.8. The maximum atomic E-state index is 14.2. The van der Waals surface area contributed by atoms with E-state index in [9.17, 15) is 4.79 Å². The van der Waals surface area contributed by atoms with Crippen LogP contribution in [0.2, 0.25) is 0 Å². The highest BCUT2D eigenvalue weighted by molar-refractivity contribution is 6.55. The molecule has 3 heteroatoms. The fourth-order valence-corrected chi connectivity index (χ4v) is 12.9. The molecule has 5 saturated carbocycles. The second-order valence-electron chi connectivity index (χ2n) is 17.4. The van der Waals surface area contributed by atoms with Gasteiger partial charge in [-0.15, -0.1) is 0 Å². The van der Waals surface area contributed by atoms with Gasteiger partial charge in [0.2, 0.25) is 0 Å². The first-order valence-electron chi connectivity index (χ1n) is 20.8. The van der Waals surface area contributed by atoms with Crippen LogP contribution in [0.4, 0.5) is 0 Å². The van der Waals surface area contributed by atoms with E-state index in [4.69, 9.17) is 23.2 Å². The van der Waals surface area contributed by atoms with Crippen LogP contribution >= 0.6 is 23.2 Å². The smallest absolute Gasteiger partial charge is 0.151 e. The van der Waals surface area contributed by atoms with Crippen molar-refractivity contribution in [1.82, 2.24) is 0 Å². The Bertz CT molecular complexity index is 863. The monoisotopic (exact) mass is 662 g/mol. The lowest BCUT2D eigenvalue weighted by atomic mass is 9.41. The molecule has 45 heavy (non-hydrogen) atoms. The van der Waals surface area contributed by atoms with Crippen molar-refractivity contribution in [3.8, 4) is 0 Å². The largest absolute Gasteiger partial charge is 0.298 e. The molecule has 0 aromatic heterocycles. The quantitative estimate of drug-likeness (QED) is 0.119. The molecule has 0 saturated heterocycles. The van der Waals surface area contributed by atoms with Gasteiger partial charge in [0.25, 0.3) is 0 Å². The minimum Gasteiger partial charge on any atom is -0.298 e. The van der Waals surface area contributed by atoms with Crippen LogP contribution < -0.4 is 0 Å². The number of unbranched alkanes of at least 4 members (excludes halogenated alkanes) is 10. The Hall–Kier alpha value is 0.250. The SMILES string of the molecule is CCCCCCCCCCC1CCC(C2CCC3(CC2)C(=O)C2(CCC(C4CCC(CCCCCC)CC4)CC2)C3(Cl)Cl)CC1. The van der Waals surface area contributed by atoms with Gasteiger partial charge in [-0.05, 0) is 113 Å². The Labute approximate surface area is 289 Å². The van der Waals surface area contributed by atoms with Crippen LogP contribution in [-0.2, 0) is 4.79 Å². The minimum absolute atomic E-state index is 0.441. The summed E-state index contributed by atoms with van der Waals surface area (Å²) in [5.41, 5.74) is -0.882.